The zero-order chi connectivity index (χ0) is 19.6. The smallest absolute Gasteiger partial charge is 0.240 e. The zero-order valence-electron chi connectivity index (χ0n) is 16.3. The van der Waals surface area contributed by atoms with Crippen LogP contribution < -0.4 is 5.32 Å². The van der Waals surface area contributed by atoms with E-state index in [-0.39, 0.29) is 24.3 Å². The van der Waals surface area contributed by atoms with E-state index in [2.05, 4.69) is 15.5 Å². The summed E-state index contributed by atoms with van der Waals surface area (Å²) in [6, 6.07) is 7.58. The molecule has 3 aromatic rings. The molecule has 1 aromatic carbocycles. The van der Waals surface area contributed by atoms with Gasteiger partial charge in [-0.2, -0.15) is 5.10 Å². The third-order valence-electron chi connectivity index (χ3n) is 4.88. The minimum absolute atomic E-state index is 0.0993. The standard InChI is InChI=1S/C21H26N4O2/c1-5-8-19(26)17-11-25(18-10-7-6-9-16(17)18)12-20(27)22-13(2)21-14(3)23-24-15(21)4/h6-7,9-11,13H,5,8,12H2,1-4H3,(H,22,27)(H,23,24)/t13-/m1/s1. The number of aryl methyl sites for hydroxylation is 2. The number of carbonyl (C=O) groups is 2. The number of hydrogen-bond donors (Lipinski definition) is 2. The first-order valence-corrected chi connectivity index (χ1v) is 9.34. The highest BCUT2D eigenvalue weighted by Gasteiger charge is 2.19. The SMILES string of the molecule is CCCC(=O)c1cn(CC(=O)N[C@H](C)c2c(C)n[nH]c2C)c2ccccc12. The normalized spacial score (nSPS) is 12.3. The van der Waals surface area contributed by atoms with Crippen LogP contribution in [0.15, 0.2) is 30.5 Å². The van der Waals surface area contributed by atoms with E-state index in [0.29, 0.717) is 12.0 Å². The zero-order valence-corrected chi connectivity index (χ0v) is 16.3. The fourth-order valence-corrected chi connectivity index (χ4v) is 3.67. The summed E-state index contributed by atoms with van der Waals surface area (Å²) in [7, 11) is 0. The van der Waals surface area contributed by atoms with Gasteiger partial charge in [-0.1, -0.05) is 25.1 Å². The second kappa shape index (κ2) is 7.78. The molecule has 2 heterocycles. The molecule has 27 heavy (non-hydrogen) atoms. The van der Waals surface area contributed by atoms with Crippen LogP contribution >= 0.6 is 0 Å². The fourth-order valence-electron chi connectivity index (χ4n) is 3.67. The van der Waals surface area contributed by atoms with Crippen molar-refractivity contribution in [3.63, 3.8) is 0 Å². The number of benzene rings is 1. The summed E-state index contributed by atoms with van der Waals surface area (Å²) in [5.41, 5.74) is 4.45. The molecule has 0 unspecified atom stereocenters. The Labute approximate surface area is 159 Å². The molecule has 0 bridgehead atoms. The predicted octanol–water partition coefficient (Wildman–Crippen LogP) is 3.84. The first kappa shape index (κ1) is 18.9. The summed E-state index contributed by atoms with van der Waals surface area (Å²) in [6.07, 6.45) is 3.12. The van der Waals surface area contributed by atoms with Crippen LogP contribution in [0.5, 0.6) is 0 Å². The highest BCUT2D eigenvalue weighted by atomic mass is 16.2. The van der Waals surface area contributed by atoms with E-state index in [1.807, 2.05) is 56.5 Å². The maximum atomic E-state index is 12.6. The Kier molecular flexibility index (Phi) is 5.44. The van der Waals surface area contributed by atoms with Crippen molar-refractivity contribution >= 4 is 22.6 Å². The third kappa shape index (κ3) is 3.79. The fraction of sp³-hybridized carbons (Fsp3) is 0.381. The summed E-state index contributed by atoms with van der Waals surface area (Å²) in [4.78, 5) is 25.1. The molecule has 0 aliphatic rings. The highest BCUT2D eigenvalue weighted by molar-refractivity contribution is 6.08. The molecule has 0 spiro atoms. The predicted molar refractivity (Wildman–Crippen MR) is 106 cm³/mol. The van der Waals surface area contributed by atoms with Gasteiger partial charge in [0.2, 0.25) is 5.91 Å². The Morgan fingerprint density at radius 3 is 2.67 bits per heavy atom. The molecule has 6 heteroatoms. The Bertz CT molecular complexity index is 964. The topological polar surface area (TPSA) is 79.8 Å². The van der Waals surface area contributed by atoms with Crippen LogP contribution in [0, 0.1) is 13.8 Å². The van der Waals surface area contributed by atoms with Crippen LogP contribution in [-0.4, -0.2) is 26.5 Å². The summed E-state index contributed by atoms with van der Waals surface area (Å²) < 4.78 is 1.86. The second-order valence-electron chi connectivity index (χ2n) is 7.00. The van der Waals surface area contributed by atoms with Gasteiger partial charge in [0.25, 0.3) is 0 Å². The lowest BCUT2D eigenvalue weighted by atomic mass is 10.1. The van der Waals surface area contributed by atoms with Crippen molar-refractivity contribution < 1.29 is 9.59 Å². The van der Waals surface area contributed by atoms with Crippen molar-refractivity contribution in [3.05, 3.63) is 53.0 Å². The molecule has 0 aliphatic heterocycles. The monoisotopic (exact) mass is 366 g/mol. The lowest BCUT2D eigenvalue weighted by Crippen LogP contribution is -2.30. The van der Waals surface area contributed by atoms with Crippen LogP contribution in [-0.2, 0) is 11.3 Å². The number of H-pyrrole nitrogens is 1. The van der Waals surface area contributed by atoms with Crippen LogP contribution in [0.3, 0.4) is 0 Å². The molecular weight excluding hydrogens is 340 g/mol. The molecule has 0 aliphatic carbocycles. The number of carbonyl (C=O) groups excluding carboxylic acids is 2. The molecule has 1 amide bonds. The van der Waals surface area contributed by atoms with Gasteiger partial charge in [0, 0.05) is 40.3 Å². The average Bonchev–Trinajstić information content (AvgIpc) is 3.15. The quantitative estimate of drug-likeness (QED) is 0.624. The van der Waals surface area contributed by atoms with Gasteiger partial charge >= 0.3 is 0 Å². The van der Waals surface area contributed by atoms with Crippen LogP contribution in [0.2, 0.25) is 0 Å². The number of para-hydroxylation sites is 1. The molecule has 0 radical (unpaired) electrons. The number of fused-ring (bicyclic) bond motifs is 1. The van der Waals surface area contributed by atoms with E-state index in [1.165, 1.54) is 0 Å². The number of ketones is 1. The highest BCUT2D eigenvalue weighted by Crippen LogP contribution is 2.23. The van der Waals surface area contributed by atoms with Crippen molar-refractivity contribution in [2.75, 3.05) is 0 Å². The van der Waals surface area contributed by atoms with Crippen molar-refractivity contribution in [3.8, 4) is 0 Å². The van der Waals surface area contributed by atoms with Gasteiger partial charge in [-0.15, -0.1) is 0 Å². The molecule has 142 valence electrons. The molecule has 3 rings (SSSR count). The van der Waals surface area contributed by atoms with Gasteiger partial charge in [0.1, 0.15) is 6.54 Å². The Balaban J connectivity index is 1.82. The summed E-state index contributed by atoms with van der Waals surface area (Å²) in [5.74, 6) is 0.0172. The lowest BCUT2D eigenvalue weighted by molar-refractivity contribution is -0.122. The summed E-state index contributed by atoms with van der Waals surface area (Å²) in [6.45, 7) is 7.98. The molecular formula is C21H26N4O2. The molecule has 6 nitrogen and oxygen atoms in total. The lowest BCUT2D eigenvalue weighted by Gasteiger charge is -2.15. The maximum absolute atomic E-state index is 12.6. The average molecular weight is 366 g/mol. The van der Waals surface area contributed by atoms with Gasteiger partial charge in [-0.05, 0) is 33.3 Å². The van der Waals surface area contributed by atoms with Crippen LogP contribution in [0.1, 0.15) is 60.0 Å². The van der Waals surface area contributed by atoms with Gasteiger partial charge < -0.3 is 9.88 Å². The number of amides is 1. The van der Waals surface area contributed by atoms with E-state index in [9.17, 15) is 9.59 Å². The van der Waals surface area contributed by atoms with Gasteiger partial charge in [0.05, 0.1) is 11.7 Å². The number of nitrogens with zero attached hydrogens (tertiary/aromatic N) is 2. The maximum Gasteiger partial charge on any atom is 0.240 e. The van der Waals surface area contributed by atoms with Crippen LogP contribution in [0.4, 0.5) is 0 Å². The number of aromatic nitrogens is 3. The van der Waals surface area contributed by atoms with Gasteiger partial charge in [-0.25, -0.2) is 0 Å². The first-order chi connectivity index (χ1) is 12.9. The molecule has 0 saturated heterocycles. The molecule has 0 saturated carbocycles. The van der Waals surface area contributed by atoms with E-state index in [0.717, 1.165) is 34.3 Å². The molecule has 0 fully saturated rings. The van der Waals surface area contributed by atoms with E-state index in [4.69, 9.17) is 0 Å². The summed E-state index contributed by atoms with van der Waals surface area (Å²) >= 11 is 0. The van der Waals surface area contributed by atoms with Crippen molar-refractivity contribution in [2.24, 2.45) is 0 Å². The Morgan fingerprint density at radius 2 is 2.00 bits per heavy atom. The number of hydrogen-bond acceptors (Lipinski definition) is 3. The molecule has 2 aromatic heterocycles. The van der Waals surface area contributed by atoms with Gasteiger partial charge in [0.15, 0.2) is 5.78 Å². The number of rotatable bonds is 7. The molecule has 1 atom stereocenters. The first-order valence-electron chi connectivity index (χ1n) is 9.34. The van der Waals surface area contributed by atoms with Crippen LogP contribution in [0.25, 0.3) is 10.9 Å². The largest absolute Gasteiger partial charge is 0.348 e. The number of nitrogens with one attached hydrogen (secondary N) is 2. The van der Waals surface area contributed by atoms with Crippen molar-refractivity contribution in [1.29, 1.82) is 0 Å². The van der Waals surface area contributed by atoms with Crippen molar-refractivity contribution in [2.45, 2.75) is 53.1 Å². The van der Waals surface area contributed by atoms with E-state index < -0.39 is 0 Å². The van der Waals surface area contributed by atoms with Crippen molar-refractivity contribution in [1.82, 2.24) is 20.1 Å². The van der Waals surface area contributed by atoms with E-state index >= 15 is 0 Å². The number of aromatic amines is 1. The Morgan fingerprint density at radius 1 is 1.26 bits per heavy atom. The Hall–Kier alpha value is -2.89. The second-order valence-corrected chi connectivity index (χ2v) is 7.00. The minimum Gasteiger partial charge on any atom is -0.348 e. The number of Topliss-reactive ketones (excluding diaryl/α,β-unsaturated/α-hetero) is 1. The minimum atomic E-state index is -0.140. The molecule has 2 N–H and O–H groups in total. The third-order valence-corrected chi connectivity index (χ3v) is 4.88. The summed E-state index contributed by atoms with van der Waals surface area (Å²) in [5, 5.41) is 11.1. The van der Waals surface area contributed by atoms with Gasteiger partial charge in [-0.3, -0.25) is 14.7 Å². The van der Waals surface area contributed by atoms with E-state index in [1.54, 1.807) is 6.20 Å².